The van der Waals surface area contributed by atoms with Gasteiger partial charge in [0.25, 0.3) is 0 Å². The van der Waals surface area contributed by atoms with Crippen LogP contribution < -0.4 is 5.32 Å². The van der Waals surface area contributed by atoms with Gasteiger partial charge >= 0.3 is 11.9 Å². The highest BCUT2D eigenvalue weighted by Crippen LogP contribution is 2.34. The van der Waals surface area contributed by atoms with E-state index in [1.807, 2.05) is 6.92 Å². The first-order valence-electron chi connectivity index (χ1n) is 8.60. The Morgan fingerprint density at radius 1 is 1.19 bits per heavy atom. The maximum atomic E-state index is 12.7. The van der Waals surface area contributed by atoms with Crippen LogP contribution in [0.2, 0.25) is 0 Å². The number of amides is 1. The summed E-state index contributed by atoms with van der Waals surface area (Å²) >= 11 is 0.999. The number of rotatable bonds is 7. The third-order valence-corrected chi connectivity index (χ3v) is 5.13. The van der Waals surface area contributed by atoms with Crippen LogP contribution in [0.5, 0.6) is 0 Å². The van der Waals surface area contributed by atoms with E-state index in [0.717, 1.165) is 17.0 Å². The van der Waals surface area contributed by atoms with Crippen molar-refractivity contribution >= 4 is 34.2 Å². The lowest BCUT2D eigenvalue weighted by molar-refractivity contribution is -0.119. The number of carbonyl (C=O) groups excluding carboxylic acids is 3. The second kappa shape index (κ2) is 8.81. The molecule has 2 rings (SSSR count). The molecule has 8 nitrogen and oxygen atoms in total. The lowest BCUT2D eigenvalue weighted by Gasteiger charge is -2.14. The molecule has 1 N–H and O–H groups in total. The van der Waals surface area contributed by atoms with Gasteiger partial charge in [-0.15, -0.1) is 11.3 Å². The summed E-state index contributed by atoms with van der Waals surface area (Å²) in [4.78, 5) is 37.5. The van der Waals surface area contributed by atoms with Gasteiger partial charge in [0.1, 0.15) is 15.9 Å². The van der Waals surface area contributed by atoms with Gasteiger partial charge in [-0.25, -0.2) is 9.59 Å². The number of aromatic nitrogens is 2. The summed E-state index contributed by atoms with van der Waals surface area (Å²) in [5.41, 5.74) is 1.43. The number of thiophene rings is 1. The molecule has 0 bridgehead atoms. The van der Waals surface area contributed by atoms with Crippen LogP contribution in [0.25, 0.3) is 0 Å². The van der Waals surface area contributed by atoms with Crippen LogP contribution >= 0.6 is 11.3 Å². The van der Waals surface area contributed by atoms with Crippen LogP contribution in [0.4, 0.5) is 5.00 Å². The molecule has 146 valence electrons. The van der Waals surface area contributed by atoms with Crippen LogP contribution in [0.15, 0.2) is 12.3 Å². The second-order valence-corrected chi connectivity index (χ2v) is 6.80. The molecular weight excluding hydrogens is 370 g/mol. The van der Waals surface area contributed by atoms with Gasteiger partial charge in [0.05, 0.1) is 18.8 Å². The number of carbonyl (C=O) groups is 3. The minimum Gasteiger partial charge on any atom is -0.462 e. The summed E-state index contributed by atoms with van der Waals surface area (Å²) in [6, 6.07) is 1.20. The number of nitrogens with one attached hydrogen (secondary N) is 1. The molecule has 1 atom stereocenters. The van der Waals surface area contributed by atoms with Gasteiger partial charge in [0.15, 0.2) is 0 Å². The zero-order chi connectivity index (χ0) is 20.1. The monoisotopic (exact) mass is 393 g/mol. The first-order valence-corrected chi connectivity index (χ1v) is 9.41. The van der Waals surface area contributed by atoms with Crippen molar-refractivity contribution in [3.8, 4) is 0 Å². The van der Waals surface area contributed by atoms with E-state index in [9.17, 15) is 14.4 Å². The highest BCUT2D eigenvalue weighted by atomic mass is 32.1. The summed E-state index contributed by atoms with van der Waals surface area (Å²) in [7, 11) is 0. The van der Waals surface area contributed by atoms with Crippen molar-refractivity contribution in [2.75, 3.05) is 18.5 Å². The van der Waals surface area contributed by atoms with E-state index >= 15 is 0 Å². The minimum atomic E-state index is -0.597. The third-order valence-electron chi connectivity index (χ3n) is 3.94. The zero-order valence-electron chi connectivity index (χ0n) is 16.0. The second-order valence-electron chi connectivity index (χ2n) is 5.78. The largest absolute Gasteiger partial charge is 0.462 e. The van der Waals surface area contributed by atoms with Gasteiger partial charge in [0, 0.05) is 11.9 Å². The summed E-state index contributed by atoms with van der Waals surface area (Å²) in [5.74, 6) is -1.49. The van der Waals surface area contributed by atoms with Gasteiger partial charge < -0.3 is 14.8 Å². The highest BCUT2D eigenvalue weighted by Gasteiger charge is 2.28. The molecule has 2 heterocycles. The smallest absolute Gasteiger partial charge is 0.348 e. The first-order chi connectivity index (χ1) is 12.8. The van der Waals surface area contributed by atoms with Crippen molar-refractivity contribution in [2.24, 2.45) is 0 Å². The molecule has 1 unspecified atom stereocenters. The average Bonchev–Trinajstić information content (AvgIpc) is 3.18. The van der Waals surface area contributed by atoms with Crippen LogP contribution in [-0.2, 0) is 14.3 Å². The van der Waals surface area contributed by atoms with E-state index in [1.54, 1.807) is 44.6 Å². The Hall–Kier alpha value is -2.68. The molecule has 0 radical (unpaired) electrons. The fourth-order valence-electron chi connectivity index (χ4n) is 2.56. The SMILES string of the molecule is CCOC(=O)c1sc(NC(=O)C(C)n2nccc2C)c(C(=O)OCC)c1C. The Morgan fingerprint density at radius 3 is 2.37 bits per heavy atom. The van der Waals surface area contributed by atoms with Crippen molar-refractivity contribution in [1.82, 2.24) is 9.78 Å². The molecule has 2 aromatic rings. The molecule has 0 saturated carbocycles. The van der Waals surface area contributed by atoms with Gasteiger partial charge in [-0.3, -0.25) is 9.48 Å². The summed E-state index contributed by atoms with van der Waals surface area (Å²) < 4.78 is 11.7. The van der Waals surface area contributed by atoms with E-state index in [1.165, 1.54) is 0 Å². The molecule has 9 heteroatoms. The van der Waals surface area contributed by atoms with Gasteiger partial charge in [-0.1, -0.05) is 0 Å². The van der Waals surface area contributed by atoms with Crippen LogP contribution in [0, 0.1) is 13.8 Å². The Bertz CT molecular complexity index is 855. The molecule has 0 aliphatic carbocycles. The molecular formula is C18H23N3O5S. The lowest BCUT2D eigenvalue weighted by atomic mass is 10.1. The Kier molecular flexibility index (Phi) is 6.73. The van der Waals surface area contributed by atoms with Crippen LogP contribution in [-0.4, -0.2) is 40.8 Å². The van der Waals surface area contributed by atoms with Crippen molar-refractivity contribution in [2.45, 2.75) is 40.7 Å². The quantitative estimate of drug-likeness (QED) is 0.726. The molecule has 0 spiro atoms. The fourth-order valence-corrected chi connectivity index (χ4v) is 3.65. The molecule has 0 saturated heterocycles. The number of anilines is 1. The molecule has 0 aliphatic rings. The van der Waals surface area contributed by atoms with Crippen molar-refractivity contribution < 1.29 is 23.9 Å². The van der Waals surface area contributed by atoms with E-state index < -0.39 is 18.0 Å². The molecule has 27 heavy (non-hydrogen) atoms. The van der Waals surface area contributed by atoms with E-state index in [-0.39, 0.29) is 34.6 Å². The number of hydrogen-bond acceptors (Lipinski definition) is 7. The maximum Gasteiger partial charge on any atom is 0.348 e. The summed E-state index contributed by atoms with van der Waals surface area (Å²) in [6.07, 6.45) is 1.61. The number of hydrogen-bond donors (Lipinski definition) is 1. The standard InChI is InChI=1S/C18H23N3O5S/c1-6-25-17(23)13-11(4)14(18(24)26-7-2)27-16(13)20-15(22)12(5)21-10(3)8-9-19-21/h8-9,12H,6-7H2,1-5H3,(H,20,22). The molecule has 0 aliphatic heterocycles. The van der Waals surface area contributed by atoms with Crippen LogP contribution in [0.3, 0.4) is 0 Å². The van der Waals surface area contributed by atoms with Gasteiger partial charge in [-0.05, 0) is 46.2 Å². The Labute approximate surface area is 161 Å². The Balaban J connectivity index is 2.37. The van der Waals surface area contributed by atoms with E-state index in [0.29, 0.717) is 5.56 Å². The number of nitrogens with zero attached hydrogens (tertiary/aromatic N) is 2. The minimum absolute atomic E-state index is 0.169. The first kappa shape index (κ1) is 20.6. The number of aryl methyl sites for hydroxylation is 1. The van der Waals surface area contributed by atoms with Gasteiger partial charge in [0.2, 0.25) is 5.91 Å². The predicted molar refractivity (Wildman–Crippen MR) is 101 cm³/mol. The Morgan fingerprint density at radius 2 is 1.81 bits per heavy atom. The summed E-state index contributed by atoms with van der Waals surface area (Å²) in [5, 5.41) is 7.13. The average molecular weight is 393 g/mol. The number of esters is 2. The van der Waals surface area contributed by atoms with Crippen LogP contribution in [0.1, 0.15) is 58.1 Å². The lowest BCUT2D eigenvalue weighted by Crippen LogP contribution is -2.25. The normalized spacial score (nSPS) is 11.7. The van der Waals surface area contributed by atoms with Crippen molar-refractivity contribution in [3.63, 3.8) is 0 Å². The third kappa shape index (κ3) is 4.36. The summed E-state index contributed by atoms with van der Waals surface area (Å²) in [6.45, 7) is 8.95. The zero-order valence-corrected chi connectivity index (χ0v) is 16.8. The molecule has 0 fully saturated rings. The van der Waals surface area contributed by atoms with Crippen molar-refractivity contribution in [3.05, 3.63) is 34.0 Å². The highest BCUT2D eigenvalue weighted by molar-refractivity contribution is 7.18. The van der Waals surface area contributed by atoms with Crippen molar-refractivity contribution in [1.29, 1.82) is 0 Å². The molecule has 1 amide bonds. The molecule has 2 aromatic heterocycles. The van der Waals surface area contributed by atoms with E-state index in [4.69, 9.17) is 9.47 Å². The number of ether oxygens (including phenoxy) is 2. The van der Waals surface area contributed by atoms with Gasteiger partial charge in [-0.2, -0.15) is 5.10 Å². The fraction of sp³-hybridized carbons (Fsp3) is 0.444. The topological polar surface area (TPSA) is 99.5 Å². The predicted octanol–water partition coefficient (Wildman–Crippen LogP) is 3.11. The maximum absolute atomic E-state index is 12.7. The molecule has 0 aromatic carbocycles. The van der Waals surface area contributed by atoms with E-state index in [2.05, 4.69) is 10.4 Å².